The Bertz CT molecular complexity index is 456. The maximum atomic E-state index is 11.9. The number of imidazole rings is 1. The van der Waals surface area contributed by atoms with Crippen molar-refractivity contribution in [2.45, 2.75) is 66.2 Å². The zero-order valence-corrected chi connectivity index (χ0v) is 13.7. The lowest BCUT2D eigenvalue weighted by Crippen LogP contribution is -2.45. The Hall–Kier alpha value is -1.52. The topological polar surface area (TPSA) is 56.2 Å². The average molecular weight is 281 g/mol. The molecule has 0 saturated carbocycles. The van der Waals surface area contributed by atoms with Crippen molar-refractivity contribution in [2.24, 2.45) is 5.92 Å². The fourth-order valence-electron chi connectivity index (χ4n) is 2.00. The minimum absolute atomic E-state index is 0.417. The van der Waals surface area contributed by atoms with Crippen LogP contribution in [0.5, 0.6) is 0 Å². The highest BCUT2D eigenvalue weighted by atomic mass is 16.6. The lowest BCUT2D eigenvalue weighted by atomic mass is 10.0. The Labute approximate surface area is 121 Å². The normalized spacial score (nSPS) is 12.6. The SMILES string of the molecule is CC(C)Cn1cncc1C(C)(C)NC(=O)OC(C)(C)C. The van der Waals surface area contributed by atoms with Crippen LogP contribution in [0, 0.1) is 5.92 Å². The molecule has 20 heavy (non-hydrogen) atoms. The van der Waals surface area contributed by atoms with Crippen LogP contribution in [0.2, 0.25) is 0 Å². The van der Waals surface area contributed by atoms with Gasteiger partial charge in [0.05, 0.1) is 23.8 Å². The van der Waals surface area contributed by atoms with Crippen molar-refractivity contribution in [1.29, 1.82) is 0 Å². The summed E-state index contributed by atoms with van der Waals surface area (Å²) in [5, 5.41) is 2.91. The first kappa shape index (κ1) is 16.5. The summed E-state index contributed by atoms with van der Waals surface area (Å²) in [5.41, 5.74) is -0.0662. The molecule has 0 fully saturated rings. The Morgan fingerprint density at radius 1 is 1.35 bits per heavy atom. The minimum atomic E-state index is -0.534. The zero-order valence-electron chi connectivity index (χ0n) is 13.7. The van der Waals surface area contributed by atoms with Crippen LogP contribution >= 0.6 is 0 Å². The van der Waals surface area contributed by atoms with E-state index in [9.17, 15) is 4.79 Å². The third-order valence-corrected chi connectivity index (χ3v) is 2.73. The van der Waals surface area contributed by atoms with Crippen molar-refractivity contribution in [1.82, 2.24) is 14.9 Å². The van der Waals surface area contributed by atoms with Crippen LogP contribution in [-0.2, 0) is 16.8 Å². The number of nitrogens with zero attached hydrogens (tertiary/aromatic N) is 2. The van der Waals surface area contributed by atoms with E-state index in [4.69, 9.17) is 4.74 Å². The van der Waals surface area contributed by atoms with Gasteiger partial charge in [-0.3, -0.25) is 0 Å². The van der Waals surface area contributed by atoms with E-state index in [1.165, 1.54) is 0 Å². The molecule has 1 aromatic rings. The Morgan fingerprint density at radius 2 is 1.95 bits per heavy atom. The summed E-state index contributed by atoms with van der Waals surface area (Å²) in [6, 6.07) is 0. The second-order valence-electron chi connectivity index (χ2n) is 7.08. The molecule has 0 aromatic carbocycles. The molecule has 1 aromatic heterocycles. The number of carbonyl (C=O) groups is 1. The molecule has 0 unspecified atom stereocenters. The minimum Gasteiger partial charge on any atom is -0.444 e. The number of alkyl carbamates (subject to hydrolysis) is 1. The van der Waals surface area contributed by atoms with Crippen LogP contribution < -0.4 is 5.32 Å². The second-order valence-corrected chi connectivity index (χ2v) is 7.08. The number of hydrogen-bond donors (Lipinski definition) is 1. The third-order valence-electron chi connectivity index (χ3n) is 2.73. The average Bonchev–Trinajstić information content (AvgIpc) is 2.60. The molecule has 1 N–H and O–H groups in total. The number of ether oxygens (including phenoxy) is 1. The van der Waals surface area contributed by atoms with E-state index in [0.29, 0.717) is 5.92 Å². The van der Waals surface area contributed by atoms with Crippen LogP contribution in [-0.4, -0.2) is 21.2 Å². The number of rotatable bonds is 4. The molecule has 1 amide bonds. The first-order valence-electron chi connectivity index (χ1n) is 7.03. The van der Waals surface area contributed by atoms with Crippen molar-refractivity contribution < 1.29 is 9.53 Å². The molecule has 1 heterocycles. The molecular formula is C15H27N3O2. The highest BCUT2D eigenvalue weighted by Gasteiger charge is 2.29. The number of hydrogen-bond acceptors (Lipinski definition) is 3. The molecule has 0 spiro atoms. The van der Waals surface area contributed by atoms with E-state index >= 15 is 0 Å². The number of aromatic nitrogens is 2. The van der Waals surface area contributed by atoms with Gasteiger partial charge < -0.3 is 14.6 Å². The summed E-state index contributed by atoms with van der Waals surface area (Å²) in [7, 11) is 0. The summed E-state index contributed by atoms with van der Waals surface area (Å²) in [4.78, 5) is 16.1. The largest absolute Gasteiger partial charge is 0.444 e. The molecule has 5 heteroatoms. The zero-order chi connectivity index (χ0) is 15.6. The van der Waals surface area contributed by atoms with E-state index in [1.54, 1.807) is 12.5 Å². The first-order chi connectivity index (χ1) is 9.01. The molecule has 114 valence electrons. The molecule has 0 aliphatic carbocycles. The Kier molecular flexibility index (Phi) is 4.84. The number of amides is 1. The van der Waals surface area contributed by atoms with Gasteiger partial charge in [0, 0.05) is 6.54 Å². The molecule has 0 bridgehead atoms. The van der Waals surface area contributed by atoms with Gasteiger partial charge in [-0.2, -0.15) is 0 Å². The van der Waals surface area contributed by atoms with Crippen LogP contribution in [0.3, 0.4) is 0 Å². The van der Waals surface area contributed by atoms with E-state index in [0.717, 1.165) is 12.2 Å². The highest BCUT2D eigenvalue weighted by Crippen LogP contribution is 2.21. The lowest BCUT2D eigenvalue weighted by Gasteiger charge is -2.29. The van der Waals surface area contributed by atoms with Crippen LogP contribution in [0.25, 0.3) is 0 Å². The molecule has 0 saturated heterocycles. The van der Waals surface area contributed by atoms with Gasteiger partial charge in [-0.1, -0.05) is 13.8 Å². The molecular weight excluding hydrogens is 254 g/mol. The number of nitrogens with one attached hydrogen (secondary N) is 1. The molecule has 0 atom stereocenters. The summed E-state index contributed by atoms with van der Waals surface area (Å²) >= 11 is 0. The molecule has 0 radical (unpaired) electrons. The fraction of sp³-hybridized carbons (Fsp3) is 0.733. The van der Waals surface area contributed by atoms with Crippen molar-refractivity contribution in [3.63, 3.8) is 0 Å². The fourth-order valence-corrected chi connectivity index (χ4v) is 2.00. The van der Waals surface area contributed by atoms with E-state index < -0.39 is 17.2 Å². The van der Waals surface area contributed by atoms with Gasteiger partial charge >= 0.3 is 6.09 Å². The van der Waals surface area contributed by atoms with Crippen molar-refractivity contribution in [2.75, 3.05) is 0 Å². The summed E-state index contributed by atoms with van der Waals surface area (Å²) in [6.45, 7) is 14.6. The maximum Gasteiger partial charge on any atom is 0.408 e. The smallest absolute Gasteiger partial charge is 0.408 e. The quantitative estimate of drug-likeness (QED) is 0.921. The predicted octanol–water partition coefficient (Wildman–Crippen LogP) is 3.30. The standard InChI is InChI=1S/C15H27N3O2/c1-11(2)9-18-10-16-8-12(18)15(6,7)17-13(19)20-14(3,4)5/h8,10-11H,9H2,1-7H3,(H,17,19). The summed E-state index contributed by atoms with van der Waals surface area (Å²) < 4.78 is 7.38. The molecule has 0 aliphatic heterocycles. The van der Waals surface area contributed by atoms with Gasteiger partial charge in [0.1, 0.15) is 5.60 Å². The van der Waals surface area contributed by atoms with Gasteiger partial charge in [-0.25, -0.2) is 9.78 Å². The van der Waals surface area contributed by atoms with E-state index in [1.807, 2.05) is 34.6 Å². The van der Waals surface area contributed by atoms with E-state index in [2.05, 4.69) is 28.7 Å². The summed E-state index contributed by atoms with van der Waals surface area (Å²) in [6.07, 6.45) is 3.17. The van der Waals surface area contributed by atoms with Crippen LogP contribution in [0.4, 0.5) is 4.79 Å². The second kappa shape index (κ2) is 5.85. The first-order valence-corrected chi connectivity index (χ1v) is 7.03. The van der Waals surface area contributed by atoms with Gasteiger partial charge in [0.15, 0.2) is 0 Å². The molecule has 1 rings (SSSR count). The van der Waals surface area contributed by atoms with Crippen molar-refractivity contribution in [3.8, 4) is 0 Å². The van der Waals surface area contributed by atoms with Crippen LogP contribution in [0.1, 0.15) is 54.2 Å². The van der Waals surface area contributed by atoms with Gasteiger partial charge in [-0.15, -0.1) is 0 Å². The van der Waals surface area contributed by atoms with E-state index in [-0.39, 0.29) is 0 Å². The summed E-state index contributed by atoms with van der Waals surface area (Å²) in [5.74, 6) is 0.514. The maximum absolute atomic E-state index is 11.9. The predicted molar refractivity (Wildman–Crippen MR) is 79.5 cm³/mol. The highest BCUT2D eigenvalue weighted by molar-refractivity contribution is 5.68. The lowest BCUT2D eigenvalue weighted by molar-refractivity contribution is 0.0466. The Balaban J connectivity index is 2.83. The van der Waals surface area contributed by atoms with Gasteiger partial charge in [0.25, 0.3) is 0 Å². The van der Waals surface area contributed by atoms with Crippen molar-refractivity contribution in [3.05, 3.63) is 18.2 Å². The van der Waals surface area contributed by atoms with Crippen LogP contribution in [0.15, 0.2) is 12.5 Å². The molecule has 0 aliphatic rings. The Morgan fingerprint density at radius 3 is 2.45 bits per heavy atom. The van der Waals surface area contributed by atoms with Gasteiger partial charge in [0.2, 0.25) is 0 Å². The monoisotopic (exact) mass is 281 g/mol. The molecule has 5 nitrogen and oxygen atoms in total. The third kappa shape index (κ3) is 4.87. The van der Waals surface area contributed by atoms with Gasteiger partial charge in [-0.05, 0) is 40.5 Å². The number of carbonyl (C=O) groups excluding carboxylic acids is 1. The van der Waals surface area contributed by atoms with Crippen molar-refractivity contribution >= 4 is 6.09 Å².